The fourth-order valence-electron chi connectivity index (χ4n) is 3.79. The van der Waals surface area contributed by atoms with Gasteiger partial charge in [-0.1, -0.05) is 0 Å². The molecule has 2 saturated heterocycles. The Bertz CT molecular complexity index is 879. The van der Waals surface area contributed by atoms with Gasteiger partial charge in [0, 0.05) is 43.3 Å². The van der Waals surface area contributed by atoms with E-state index >= 15 is 0 Å². The van der Waals surface area contributed by atoms with E-state index in [0.717, 1.165) is 10.6 Å². The summed E-state index contributed by atoms with van der Waals surface area (Å²) in [6.45, 7) is 9.21. The zero-order chi connectivity index (χ0) is 22.2. The van der Waals surface area contributed by atoms with Crippen LogP contribution in [0.25, 0.3) is 0 Å². The van der Waals surface area contributed by atoms with Gasteiger partial charge in [-0.25, -0.2) is 9.59 Å². The number of cyclic esters (lactones) is 1. The van der Waals surface area contributed by atoms with E-state index in [-0.39, 0.29) is 24.2 Å². The second-order valence-electron chi connectivity index (χ2n) is 8.90. The van der Waals surface area contributed by atoms with Crippen molar-refractivity contribution in [3.05, 3.63) is 18.2 Å². The second-order valence-corrected chi connectivity index (χ2v) is 9.92. The topological polar surface area (TPSA) is 91.4 Å². The predicted molar refractivity (Wildman–Crippen MR) is 118 cm³/mol. The Morgan fingerprint density at radius 3 is 2.68 bits per heavy atom. The predicted octanol–water partition coefficient (Wildman–Crippen LogP) is 2.61. The minimum absolute atomic E-state index is 0.0398. The van der Waals surface area contributed by atoms with Crippen LogP contribution in [0.2, 0.25) is 0 Å². The molecule has 0 aliphatic carbocycles. The Labute approximate surface area is 186 Å². The third-order valence-electron chi connectivity index (χ3n) is 5.27. The summed E-state index contributed by atoms with van der Waals surface area (Å²) in [5, 5.41) is 2.85. The lowest BCUT2D eigenvalue weighted by molar-refractivity contribution is -0.113. The van der Waals surface area contributed by atoms with Crippen LogP contribution in [0, 0.1) is 0 Å². The Hall–Kier alpha value is -2.46. The van der Waals surface area contributed by atoms with Crippen molar-refractivity contribution in [2.75, 3.05) is 55.2 Å². The number of thioether (sulfide) groups is 1. The van der Waals surface area contributed by atoms with E-state index in [9.17, 15) is 14.4 Å². The monoisotopic (exact) mass is 448 g/mol. The van der Waals surface area contributed by atoms with E-state index in [2.05, 4.69) is 10.2 Å². The van der Waals surface area contributed by atoms with Crippen molar-refractivity contribution in [3.63, 3.8) is 0 Å². The Kier molecular flexibility index (Phi) is 6.02. The molecule has 168 valence electrons. The number of carbonyl (C=O) groups excluding carboxylic acids is 3. The molecule has 1 aromatic rings. The molecular formula is C21H28N4O5S. The number of fused-ring (bicyclic) bond motifs is 1. The number of amides is 3. The van der Waals surface area contributed by atoms with Crippen LogP contribution < -0.4 is 10.2 Å². The summed E-state index contributed by atoms with van der Waals surface area (Å²) >= 11 is 1.49. The summed E-state index contributed by atoms with van der Waals surface area (Å²) in [4.78, 5) is 42.8. The number of nitrogens with zero attached hydrogens (tertiary/aromatic N) is 3. The molecular weight excluding hydrogens is 420 g/mol. The van der Waals surface area contributed by atoms with E-state index in [1.54, 1.807) is 9.80 Å². The molecule has 1 aromatic carbocycles. The van der Waals surface area contributed by atoms with E-state index in [1.807, 2.05) is 39.0 Å². The SMILES string of the molecule is CC(C)(C)OC(=O)N1CCN(CC2CN(c3ccc4c(c3)NC(=O)CS4)C(=O)O2)CC1. The molecule has 3 aliphatic heterocycles. The maximum Gasteiger partial charge on any atom is 0.414 e. The van der Waals surface area contributed by atoms with Crippen molar-refractivity contribution in [2.45, 2.75) is 37.4 Å². The normalized spacial score (nSPS) is 22.1. The molecule has 3 aliphatic rings. The smallest absolute Gasteiger partial charge is 0.414 e. The van der Waals surface area contributed by atoms with E-state index in [0.29, 0.717) is 50.7 Å². The fraction of sp³-hybridized carbons (Fsp3) is 0.571. The average molecular weight is 449 g/mol. The zero-order valence-electron chi connectivity index (χ0n) is 18.1. The molecule has 1 N–H and O–H groups in total. The minimum Gasteiger partial charge on any atom is -0.444 e. The number of carbonyl (C=O) groups is 3. The third-order valence-corrected chi connectivity index (χ3v) is 6.34. The lowest BCUT2D eigenvalue weighted by Gasteiger charge is -2.36. The van der Waals surface area contributed by atoms with Gasteiger partial charge in [0.2, 0.25) is 5.91 Å². The minimum atomic E-state index is -0.506. The fourth-order valence-corrected chi connectivity index (χ4v) is 4.58. The quantitative estimate of drug-likeness (QED) is 0.760. The van der Waals surface area contributed by atoms with Crippen molar-refractivity contribution >= 4 is 41.2 Å². The maximum atomic E-state index is 12.5. The number of nitrogens with one attached hydrogen (secondary N) is 1. The van der Waals surface area contributed by atoms with Crippen LogP contribution in [-0.2, 0) is 14.3 Å². The van der Waals surface area contributed by atoms with Crippen LogP contribution in [0.1, 0.15) is 20.8 Å². The zero-order valence-corrected chi connectivity index (χ0v) is 18.9. The molecule has 31 heavy (non-hydrogen) atoms. The summed E-state index contributed by atoms with van der Waals surface area (Å²) in [5.74, 6) is 0.364. The first-order chi connectivity index (χ1) is 14.7. The number of hydrogen-bond donors (Lipinski definition) is 1. The standard InChI is InChI=1S/C21H28N4O5S/c1-21(2,3)30-19(27)24-8-6-23(7-9-24)11-15-12-25(20(28)29-15)14-4-5-17-16(10-14)22-18(26)13-31-17/h4-5,10,15H,6-9,11-13H2,1-3H3,(H,22,26). The molecule has 3 heterocycles. The number of hydrogen-bond acceptors (Lipinski definition) is 7. The molecule has 0 radical (unpaired) electrons. The lowest BCUT2D eigenvalue weighted by atomic mass is 10.2. The van der Waals surface area contributed by atoms with Gasteiger partial charge in [-0.2, -0.15) is 0 Å². The van der Waals surface area contributed by atoms with Gasteiger partial charge in [0.15, 0.2) is 0 Å². The highest BCUT2D eigenvalue weighted by Crippen LogP contribution is 2.35. The molecule has 0 spiro atoms. The Balaban J connectivity index is 1.30. The highest BCUT2D eigenvalue weighted by atomic mass is 32.2. The van der Waals surface area contributed by atoms with Crippen LogP contribution in [-0.4, -0.2) is 84.6 Å². The van der Waals surface area contributed by atoms with Crippen LogP contribution in [0.4, 0.5) is 21.0 Å². The van der Waals surface area contributed by atoms with Gasteiger partial charge < -0.3 is 19.7 Å². The van der Waals surface area contributed by atoms with E-state index < -0.39 is 5.60 Å². The average Bonchev–Trinajstić information content (AvgIpc) is 3.06. The number of anilines is 2. The van der Waals surface area contributed by atoms with Crippen molar-refractivity contribution in [1.29, 1.82) is 0 Å². The highest BCUT2D eigenvalue weighted by molar-refractivity contribution is 8.00. The maximum absolute atomic E-state index is 12.5. The van der Waals surface area contributed by atoms with Crippen LogP contribution in [0.5, 0.6) is 0 Å². The van der Waals surface area contributed by atoms with Gasteiger partial charge in [-0.05, 0) is 39.0 Å². The Morgan fingerprint density at radius 2 is 1.97 bits per heavy atom. The summed E-state index contributed by atoms with van der Waals surface area (Å²) in [6, 6.07) is 5.63. The van der Waals surface area contributed by atoms with Crippen molar-refractivity contribution in [1.82, 2.24) is 9.80 Å². The molecule has 4 rings (SSSR count). The summed E-state index contributed by atoms with van der Waals surface area (Å²) in [5.41, 5.74) is 0.936. The van der Waals surface area contributed by atoms with Crippen LogP contribution in [0.3, 0.4) is 0 Å². The van der Waals surface area contributed by atoms with Gasteiger partial charge in [0.25, 0.3) is 0 Å². The summed E-state index contributed by atoms with van der Waals surface area (Å²) in [6.07, 6.45) is -0.920. The molecule has 1 atom stereocenters. The van der Waals surface area contributed by atoms with Gasteiger partial charge in [0.1, 0.15) is 11.7 Å². The van der Waals surface area contributed by atoms with E-state index in [1.165, 1.54) is 11.8 Å². The highest BCUT2D eigenvalue weighted by Gasteiger charge is 2.35. The number of ether oxygens (including phenoxy) is 2. The van der Waals surface area contributed by atoms with Gasteiger partial charge >= 0.3 is 12.2 Å². The molecule has 10 heteroatoms. The first kappa shape index (κ1) is 21.8. The molecule has 0 saturated carbocycles. The molecule has 0 aromatic heterocycles. The van der Waals surface area contributed by atoms with Gasteiger partial charge in [-0.15, -0.1) is 11.8 Å². The van der Waals surface area contributed by atoms with Gasteiger partial charge in [0.05, 0.1) is 18.0 Å². The molecule has 0 bridgehead atoms. The molecule has 3 amide bonds. The summed E-state index contributed by atoms with van der Waals surface area (Å²) in [7, 11) is 0. The van der Waals surface area contributed by atoms with Gasteiger partial charge in [-0.3, -0.25) is 14.6 Å². The second kappa shape index (κ2) is 8.58. The Morgan fingerprint density at radius 1 is 1.23 bits per heavy atom. The van der Waals surface area contributed by atoms with Crippen LogP contribution in [0.15, 0.2) is 23.1 Å². The first-order valence-electron chi connectivity index (χ1n) is 10.4. The number of rotatable bonds is 3. The third kappa shape index (κ3) is 5.24. The first-order valence-corrected chi connectivity index (χ1v) is 11.4. The van der Waals surface area contributed by atoms with Crippen molar-refractivity contribution in [2.24, 2.45) is 0 Å². The lowest BCUT2D eigenvalue weighted by Crippen LogP contribution is -2.51. The van der Waals surface area contributed by atoms with Crippen LogP contribution >= 0.6 is 11.8 Å². The molecule has 1 unspecified atom stereocenters. The van der Waals surface area contributed by atoms with E-state index in [4.69, 9.17) is 9.47 Å². The van der Waals surface area contributed by atoms with Crippen molar-refractivity contribution < 1.29 is 23.9 Å². The molecule has 9 nitrogen and oxygen atoms in total. The largest absolute Gasteiger partial charge is 0.444 e. The number of piperazine rings is 1. The van der Waals surface area contributed by atoms with Crippen molar-refractivity contribution in [3.8, 4) is 0 Å². The summed E-state index contributed by atoms with van der Waals surface area (Å²) < 4.78 is 11.0. The molecule has 2 fully saturated rings. The number of benzene rings is 1.